The van der Waals surface area contributed by atoms with Crippen molar-refractivity contribution in [2.45, 2.75) is 19.3 Å². The summed E-state index contributed by atoms with van der Waals surface area (Å²) in [5, 5.41) is 3.17. The molecule has 0 atom stereocenters. The predicted molar refractivity (Wildman–Crippen MR) is 93.7 cm³/mol. The number of rotatable bonds is 8. The van der Waals surface area contributed by atoms with Gasteiger partial charge in [0.2, 0.25) is 0 Å². The topological polar surface area (TPSA) is 82.8 Å². The van der Waals surface area contributed by atoms with E-state index in [2.05, 4.69) is 5.32 Å². The Kier molecular flexibility index (Phi) is 7.62. The molecule has 1 aliphatic heterocycles. The number of anilines is 1. The highest BCUT2D eigenvalue weighted by Gasteiger charge is 2.15. The van der Waals surface area contributed by atoms with Gasteiger partial charge in [0.25, 0.3) is 5.91 Å². The maximum absolute atomic E-state index is 12.2. The second-order valence-electron chi connectivity index (χ2n) is 5.81. The molecule has 1 aliphatic rings. The minimum atomic E-state index is -0.238. The van der Waals surface area contributed by atoms with E-state index in [1.807, 2.05) is 0 Å². The summed E-state index contributed by atoms with van der Waals surface area (Å²) in [6.45, 7) is 3.57. The third-order valence-electron chi connectivity index (χ3n) is 4.01. The average Bonchev–Trinajstić information content (AvgIpc) is 2.60. The van der Waals surface area contributed by atoms with Crippen molar-refractivity contribution >= 4 is 23.2 Å². The van der Waals surface area contributed by atoms with Gasteiger partial charge in [-0.05, 0) is 31.2 Å². The molecule has 0 saturated carbocycles. The Morgan fingerprint density at radius 2 is 2.17 bits per heavy atom. The van der Waals surface area contributed by atoms with Gasteiger partial charge in [0.1, 0.15) is 5.75 Å². The van der Waals surface area contributed by atoms with Crippen LogP contribution < -0.4 is 15.8 Å². The van der Waals surface area contributed by atoms with Gasteiger partial charge in [-0.15, -0.1) is 0 Å². The van der Waals surface area contributed by atoms with E-state index in [9.17, 15) is 4.79 Å². The smallest absolute Gasteiger partial charge is 0.255 e. The molecular formula is C17H25ClN2O4. The van der Waals surface area contributed by atoms with E-state index in [0.29, 0.717) is 41.1 Å². The monoisotopic (exact) mass is 356 g/mol. The largest absolute Gasteiger partial charge is 0.496 e. The van der Waals surface area contributed by atoms with Crippen molar-refractivity contribution in [3.05, 3.63) is 22.7 Å². The van der Waals surface area contributed by atoms with E-state index < -0.39 is 0 Å². The third-order valence-corrected chi connectivity index (χ3v) is 4.34. The molecule has 0 unspecified atom stereocenters. The molecule has 1 fully saturated rings. The van der Waals surface area contributed by atoms with Crippen molar-refractivity contribution in [3.63, 3.8) is 0 Å². The fourth-order valence-electron chi connectivity index (χ4n) is 2.55. The SMILES string of the molecule is COc1cc(N)c(Cl)cc1C(=O)NCCCOCC1CCOCC1. The molecule has 2 rings (SSSR count). The van der Waals surface area contributed by atoms with Crippen molar-refractivity contribution in [2.24, 2.45) is 5.92 Å². The molecule has 1 aromatic carbocycles. The van der Waals surface area contributed by atoms with E-state index in [-0.39, 0.29) is 5.91 Å². The molecule has 0 aromatic heterocycles. The van der Waals surface area contributed by atoms with Crippen LogP contribution in [0.1, 0.15) is 29.6 Å². The number of hydrogen-bond acceptors (Lipinski definition) is 5. The van der Waals surface area contributed by atoms with Crippen LogP contribution in [0.4, 0.5) is 5.69 Å². The Morgan fingerprint density at radius 1 is 1.42 bits per heavy atom. The number of ether oxygens (including phenoxy) is 3. The van der Waals surface area contributed by atoms with Crippen molar-refractivity contribution in [1.82, 2.24) is 5.32 Å². The quantitative estimate of drug-likeness (QED) is 0.552. The van der Waals surface area contributed by atoms with Crippen LogP contribution in [0, 0.1) is 5.92 Å². The Hall–Kier alpha value is -1.50. The summed E-state index contributed by atoms with van der Waals surface area (Å²) in [6.07, 6.45) is 2.88. The summed E-state index contributed by atoms with van der Waals surface area (Å²) >= 11 is 5.97. The fraction of sp³-hybridized carbons (Fsp3) is 0.588. The minimum absolute atomic E-state index is 0.238. The first-order chi connectivity index (χ1) is 11.6. The van der Waals surface area contributed by atoms with Gasteiger partial charge in [-0.1, -0.05) is 11.6 Å². The molecule has 0 radical (unpaired) electrons. The van der Waals surface area contributed by atoms with Gasteiger partial charge in [-0.3, -0.25) is 4.79 Å². The molecule has 1 amide bonds. The maximum Gasteiger partial charge on any atom is 0.255 e. The maximum atomic E-state index is 12.2. The van der Waals surface area contributed by atoms with Gasteiger partial charge in [-0.25, -0.2) is 0 Å². The van der Waals surface area contributed by atoms with Crippen LogP contribution in [-0.2, 0) is 9.47 Å². The molecular weight excluding hydrogens is 332 g/mol. The second kappa shape index (κ2) is 9.71. The number of methoxy groups -OCH3 is 1. The molecule has 1 saturated heterocycles. The highest BCUT2D eigenvalue weighted by molar-refractivity contribution is 6.33. The molecule has 0 spiro atoms. The normalized spacial score (nSPS) is 15.2. The zero-order valence-electron chi connectivity index (χ0n) is 14.0. The van der Waals surface area contributed by atoms with Crippen molar-refractivity contribution in [1.29, 1.82) is 0 Å². The first-order valence-electron chi connectivity index (χ1n) is 8.18. The number of carbonyl (C=O) groups is 1. The lowest BCUT2D eigenvalue weighted by atomic mass is 10.0. The summed E-state index contributed by atoms with van der Waals surface area (Å²) < 4.78 is 16.2. The lowest BCUT2D eigenvalue weighted by Crippen LogP contribution is -2.26. The summed E-state index contributed by atoms with van der Waals surface area (Å²) in [5.74, 6) is 0.762. The van der Waals surface area contributed by atoms with E-state index in [1.165, 1.54) is 13.2 Å². The van der Waals surface area contributed by atoms with Crippen LogP contribution in [0.2, 0.25) is 5.02 Å². The predicted octanol–water partition coefficient (Wildman–Crippen LogP) is 2.49. The van der Waals surface area contributed by atoms with Crippen molar-refractivity contribution < 1.29 is 19.0 Å². The number of benzene rings is 1. The van der Waals surface area contributed by atoms with Crippen LogP contribution in [0.3, 0.4) is 0 Å². The highest BCUT2D eigenvalue weighted by Crippen LogP contribution is 2.28. The van der Waals surface area contributed by atoms with Crippen molar-refractivity contribution in [3.8, 4) is 5.75 Å². The fourth-order valence-corrected chi connectivity index (χ4v) is 2.71. The Morgan fingerprint density at radius 3 is 2.88 bits per heavy atom. The Labute approximate surface area is 147 Å². The van der Waals surface area contributed by atoms with Gasteiger partial charge < -0.3 is 25.3 Å². The molecule has 1 aromatic rings. The number of nitrogens with one attached hydrogen (secondary N) is 1. The number of hydrogen-bond donors (Lipinski definition) is 2. The molecule has 1 heterocycles. The van der Waals surface area contributed by atoms with Gasteiger partial charge >= 0.3 is 0 Å². The van der Waals surface area contributed by atoms with E-state index >= 15 is 0 Å². The van der Waals surface area contributed by atoms with Crippen LogP contribution in [0.25, 0.3) is 0 Å². The number of nitrogens with two attached hydrogens (primary N) is 1. The Bertz CT molecular complexity index is 548. The molecule has 0 bridgehead atoms. The number of halogens is 1. The lowest BCUT2D eigenvalue weighted by Gasteiger charge is -2.21. The summed E-state index contributed by atoms with van der Waals surface area (Å²) in [6, 6.07) is 3.07. The summed E-state index contributed by atoms with van der Waals surface area (Å²) in [4.78, 5) is 12.2. The third kappa shape index (κ3) is 5.54. The molecule has 24 heavy (non-hydrogen) atoms. The Balaban J connectivity index is 1.68. The van der Waals surface area contributed by atoms with Gasteiger partial charge in [0, 0.05) is 39.0 Å². The van der Waals surface area contributed by atoms with E-state index in [0.717, 1.165) is 39.1 Å². The van der Waals surface area contributed by atoms with Gasteiger partial charge in [0.05, 0.1) is 23.4 Å². The van der Waals surface area contributed by atoms with Crippen molar-refractivity contribution in [2.75, 3.05) is 45.8 Å². The summed E-state index contributed by atoms with van der Waals surface area (Å²) in [5.41, 5.74) is 6.47. The van der Waals surface area contributed by atoms with Crippen LogP contribution in [0.15, 0.2) is 12.1 Å². The first-order valence-corrected chi connectivity index (χ1v) is 8.56. The standard InChI is InChI=1S/C17H25ClN2O4/c1-22-16-10-15(19)14(18)9-13(16)17(21)20-5-2-6-24-11-12-3-7-23-8-4-12/h9-10,12H,2-8,11,19H2,1H3,(H,20,21). The van der Waals surface area contributed by atoms with Crippen LogP contribution >= 0.6 is 11.6 Å². The molecule has 6 nitrogen and oxygen atoms in total. The number of amides is 1. The van der Waals surface area contributed by atoms with Crippen LogP contribution in [0.5, 0.6) is 5.75 Å². The number of carbonyl (C=O) groups excluding carboxylic acids is 1. The second-order valence-corrected chi connectivity index (χ2v) is 6.22. The average molecular weight is 357 g/mol. The lowest BCUT2D eigenvalue weighted by molar-refractivity contribution is 0.0202. The molecule has 0 aliphatic carbocycles. The molecule has 134 valence electrons. The molecule has 3 N–H and O–H groups in total. The summed E-state index contributed by atoms with van der Waals surface area (Å²) in [7, 11) is 1.49. The zero-order valence-corrected chi connectivity index (χ0v) is 14.7. The first kappa shape index (κ1) is 18.8. The van der Waals surface area contributed by atoms with E-state index in [1.54, 1.807) is 6.07 Å². The minimum Gasteiger partial charge on any atom is -0.496 e. The number of nitrogen functional groups attached to an aromatic ring is 1. The van der Waals surface area contributed by atoms with E-state index in [4.69, 9.17) is 31.5 Å². The highest BCUT2D eigenvalue weighted by atomic mass is 35.5. The zero-order chi connectivity index (χ0) is 17.4. The van der Waals surface area contributed by atoms with Gasteiger partial charge in [-0.2, -0.15) is 0 Å². The van der Waals surface area contributed by atoms with Gasteiger partial charge in [0.15, 0.2) is 0 Å². The van der Waals surface area contributed by atoms with Crippen LogP contribution in [-0.4, -0.2) is 46.0 Å². The molecule has 7 heteroatoms.